The first-order valence-electron chi connectivity index (χ1n) is 5.79. The molecule has 0 atom stereocenters. The summed E-state index contributed by atoms with van der Waals surface area (Å²) in [7, 11) is 0. The van der Waals surface area contributed by atoms with Crippen LogP contribution in [0.2, 0.25) is 0 Å². The third-order valence-electron chi connectivity index (χ3n) is 2.97. The summed E-state index contributed by atoms with van der Waals surface area (Å²) in [5.41, 5.74) is 7.94. The Hall–Kier alpha value is -1.35. The molecule has 0 unspecified atom stereocenters. The molecule has 0 saturated heterocycles. The van der Waals surface area contributed by atoms with Crippen molar-refractivity contribution in [2.24, 2.45) is 5.73 Å². The number of nitrogens with one attached hydrogen (secondary N) is 1. The number of carbonyl (C=O) groups excluding carboxylic acids is 1. The van der Waals surface area contributed by atoms with Crippen molar-refractivity contribution >= 4 is 5.91 Å². The minimum absolute atomic E-state index is 0.000143. The third kappa shape index (κ3) is 2.61. The lowest BCUT2D eigenvalue weighted by atomic mass is 10.0. The second-order valence-corrected chi connectivity index (χ2v) is 4.60. The van der Waals surface area contributed by atoms with Gasteiger partial charge in [-0.1, -0.05) is 12.1 Å². The van der Waals surface area contributed by atoms with E-state index in [1.807, 2.05) is 31.2 Å². The number of benzene rings is 1. The topological polar surface area (TPSA) is 55.1 Å². The molecule has 1 aromatic carbocycles. The van der Waals surface area contributed by atoms with E-state index in [1.165, 1.54) is 0 Å². The summed E-state index contributed by atoms with van der Waals surface area (Å²) >= 11 is 0. The fourth-order valence-electron chi connectivity index (χ4n) is 1.83. The van der Waals surface area contributed by atoms with Crippen LogP contribution in [0.1, 0.15) is 35.7 Å². The lowest BCUT2D eigenvalue weighted by molar-refractivity contribution is 0.0955. The van der Waals surface area contributed by atoms with E-state index in [2.05, 4.69) is 5.32 Å². The third-order valence-corrected chi connectivity index (χ3v) is 2.97. The first kappa shape index (κ1) is 11.1. The van der Waals surface area contributed by atoms with Gasteiger partial charge in [0.25, 0.3) is 5.91 Å². The zero-order valence-electron chi connectivity index (χ0n) is 9.62. The SMILES string of the molecule is CCNC(=O)c1cccc(CC2(N)CC2)c1. The van der Waals surface area contributed by atoms with Gasteiger partial charge in [0, 0.05) is 17.6 Å². The molecule has 1 aliphatic rings. The van der Waals surface area contributed by atoms with E-state index in [-0.39, 0.29) is 11.4 Å². The fourth-order valence-corrected chi connectivity index (χ4v) is 1.83. The van der Waals surface area contributed by atoms with Gasteiger partial charge in [0.15, 0.2) is 0 Å². The quantitative estimate of drug-likeness (QED) is 0.804. The average molecular weight is 218 g/mol. The van der Waals surface area contributed by atoms with Gasteiger partial charge in [0.05, 0.1) is 0 Å². The summed E-state index contributed by atoms with van der Waals surface area (Å²) in [5.74, 6) is -0.00813. The van der Waals surface area contributed by atoms with Crippen LogP contribution in [0.5, 0.6) is 0 Å². The van der Waals surface area contributed by atoms with Gasteiger partial charge >= 0.3 is 0 Å². The van der Waals surface area contributed by atoms with Crippen molar-refractivity contribution in [3.63, 3.8) is 0 Å². The van der Waals surface area contributed by atoms with Crippen LogP contribution in [0.3, 0.4) is 0 Å². The van der Waals surface area contributed by atoms with E-state index < -0.39 is 0 Å². The molecule has 1 saturated carbocycles. The van der Waals surface area contributed by atoms with Crippen molar-refractivity contribution in [3.05, 3.63) is 35.4 Å². The van der Waals surface area contributed by atoms with Gasteiger partial charge in [-0.2, -0.15) is 0 Å². The molecule has 16 heavy (non-hydrogen) atoms. The molecule has 0 spiro atoms. The van der Waals surface area contributed by atoms with Crippen molar-refractivity contribution in [2.45, 2.75) is 31.7 Å². The summed E-state index contributed by atoms with van der Waals surface area (Å²) in [6.45, 7) is 2.57. The number of hydrogen-bond acceptors (Lipinski definition) is 2. The number of nitrogens with two attached hydrogens (primary N) is 1. The highest BCUT2D eigenvalue weighted by Gasteiger charge is 2.37. The Bertz CT molecular complexity index is 397. The molecule has 3 nitrogen and oxygen atoms in total. The summed E-state index contributed by atoms with van der Waals surface area (Å²) < 4.78 is 0. The standard InChI is InChI=1S/C13H18N2O/c1-2-15-12(16)11-5-3-4-10(8-11)9-13(14)6-7-13/h3-5,8H,2,6-7,9,14H2,1H3,(H,15,16). The molecule has 3 heteroatoms. The molecule has 0 heterocycles. The molecule has 0 aromatic heterocycles. The minimum atomic E-state index is -0.00813. The molecule has 1 fully saturated rings. The molecule has 3 N–H and O–H groups in total. The van der Waals surface area contributed by atoms with Crippen LogP contribution in [0.25, 0.3) is 0 Å². The van der Waals surface area contributed by atoms with E-state index in [0.717, 1.165) is 30.4 Å². The Morgan fingerprint density at radius 1 is 1.50 bits per heavy atom. The van der Waals surface area contributed by atoms with Crippen LogP contribution in [0, 0.1) is 0 Å². The van der Waals surface area contributed by atoms with Crippen LogP contribution >= 0.6 is 0 Å². The maximum atomic E-state index is 11.6. The van der Waals surface area contributed by atoms with E-state index in [4.69, 9.17) is 5.73 Å². The van der Waals surface area contributed by atoms with E-state index in [9.17, 15) is 4.79 Å². The predicted octanol–water partition coefficient (Wildman–Crippen LogP) is 1.47. The van der Waals surface area contributed by atoms with Crippen molar-refractivity contribution in [1.82, 2.24) is 5.32 Å². The Labute approximate surface area is 96.0 Å². The van der Waals surface area contributed by atoms with Crippen molar-refractivity contribution in [3.8, 4) is 0 Å². The molecule has 2 rings (SSSR count). The molecule has 1 amide bonds. The number of hydrogen-bond donors (Lipinski definition) is 2. The molecule has 1 aliphatic carbocycles. The molecular weight excluding hydrogens is 200 g/mol. The molecule has 86 valence electrons. The Morgan fingerprint density at radius 3 is 2.88 bits per heavy atom. The van der Waals surface area contributed by atoms with Gasteiger partial charge in [-0.25, -0.2) is 0 Å². The maximum absolute atomic E-state index is 11.6. The lowest BCUT2D eigenvalue weighted by Gasteiger charge is -2.09. The van der Waals surface area contributed by atoms with Gasteiger partial charge in [-0.3, -0.25) is 4.79 Å². The fraction of sp³-hybridized carbons (Fsp3) is 0.462. The Morgan fingerprint density at radius 2 is 2.25 bits per heavy atom. The molecule has 1 aromatic rings. The molecule has 0 radical (unpaired) electrons. The highest BCUT2D eigenvalue weighted by molar-refractivity contribution is 5.94. The van der Waals surface area contributed by atoms with Crippen molar-refractivity contribution < 1.29 is 4.79 Å². The Balaban J connectivity index is 2.09. The molecule has 0 bridgehead atoms. The summed E-state index contributed by atoms with van der Waals surface area (Å²) in [6.07, 6.45) is 3.07. The second kappa shape index (κ2) is 4.26. The second-order valence-electron chi connectivity index (χ2n) is 4.60. The van der Waals surface area contributed by atoms with E-state index in [0.29, 0.717) is 6.54 Å². The Kier molecular flexibility index (Phi) is 2.97. The monoisotopic (exact) mass is 218 g/mol. The summed E-state index contributed by atoms with van der Waals surface area (Å²) in [5, 5.41) is 2.80. The lowest BCUT2D eigenvalue weighted by Crippen LogP contribution is -2.25. The number of carbonyl (C=O) groups is 1. The zero-order valence-corrected chi connectivity index (χ0v) is 9.62. The van der Waals surface area contributed by atoms with Crippen LogP contribution < -0.4 is 11.1 Å². The largest absolute Gasteiger partial charge is 0.352 e. The molecule has 0 aliphatic heterocycles. The first-order chi connectivity index (χ1) is 7.63. The summed E-state index contributed by atoms with van der Waals surface area (Å²) in [6, 6.07) is 7.74. The number of amides is 1. The van der Waals surface area contributed by atoms with Crippen LogP contribution in [-0.2, 0) is 6.42 Å². The first-order valence-corrected chi connectivity index (χ1v) is 5.79. The van der Waals surface area contributed by atoms with Crippen LogP contribution in [0.15, 0.2) is 24.3 Å². The highest BCUT2D eigenvalue weighted by Crippen LogP contribution is 2.35. The smallest absolute Gasteiger partial charge is 0.251 e. The normalized spacial score (nSPS) is 16.9. The van der Waals surface area contributed by atoms with Gasteiger partial charge in [0.2, 0.25) is 0 Å². The highest BCUT2D eigenvalue weighted by atomic mass is 16.1. The van der Waals surface area contributed by atoms with Gasteiger partial charge in [0.1, 0.15) is 0 Å². The van der Waals surface area contributed by atoms with Gasteiger partial charge < -0.3 is 11.1 Å². The molecular formula is C13H18N2O. The van der Waals surface area contributed by atoms with Gasteiger partial charge in [-0.05, 0) is 43.9 Å². The van der Waals surface area contributed by atoms with Crippen molar-refractivity contribution in [2.75, 3.05) is 6.54 Å². The predicted molar refractivity (Wildman–Crippen MR) is 64.3 cm³/mol. The van der Waals surface area contributed by atoms with Crippen LogP contribution in [-0.4, -0.2) is 18.0 Å². The van der Waals surface area contributed by atoms with Gasteiger partial charge in [-0.15, -0.1) is 0 Å². The van der Waals surface area contributed by atoms with Crippen LogP contribution in [0.4, 0.5) is 0 Å². The maximum Gasteiger partial charge on any atom is 0.251 e. The minimum Gasteiger partial charge on any atom is -0.352 e. The number of rotatable bonds is 4. The van der Waals surface area contributed by atoms with E-state index >= 15 is 0 Å². The summed E-state index contributed by atoms with van der Waals surface area (Å²) in [4.78, 5) is 11.6. The average Bonchev–Trinajstić information content (AvgIpc) is 2.97. The van der Waals surface area contributed by atoms with E-state index in [1.54, 1.807) is 0 Å². The zero-order chi connectivity index (χ0) is 11.6. The van der Waals surface area contributed by atoms with Crippen molar-refractivity contribution in [1.29, 1.82) is 0 Å².